The predicted octanol–water partition coefficient (Wildman–Crippen LogP) is -1.24. The van der Waals surface area contributed by atoms with Crippen molar-refractivity contribution in [1.82, 2.24) is 16.4 Å². The molecule has 0 aromatic heterocycles. The number of ether oxygens (including phenoxy) is 2. The van der Waals surface area contributed by atoms with Gasteiger partial charge in [-0.3, -0.25) is 4.79 Å². The van der Waals surface area contributed by atoms with Crippen molar-refractivity contribution in [3.8, 4) is 0 Å². The first kappa shape index (κ1) is 13.7. The third-order valence-electron chi connectivity index (χ3n) is 1.56. The molecular weight excluding hydrogens is 202 g/mol. The summed E-state index contributed by atoms with van der Waals surface area (Å²) < 4.78 is 9.02. The number of alkyl carbamates (subject to hydrolysis) is 1. The van der Waals surface area contributed by atoms with E-state index < -0.39 is 18.0 Å². The first-order valence-corrected chi connectivity index (χ1v) is 4.41. The Morgan fingerprint density at radius 3 is 2.53 bits per heavy atom. The van der Waals surface area contributed by atoms with E-state index in [9.17, 15) is 9.59 Å². The largest absolute Gasteiger partial charge is 0.453 e. The second-order valence-corrected chi connectivity index (χ2v) is 2.71. The van der Waals surface area contributed by atoms with Crippen LogP contribution in [0.15, 0.2) is 0 Å². The van der Waals surface area contributed by atoms with Crippen LogP contribution in [0.3, 0.4) is 0 Å². The Bertz CT molecular complexity index is 210. The highest BCUT2D eigenvalue weighted by molar-refractivity contribution is 5.82. The van der Waals surface area contributed by atoms with Crippen molar-refractivity contribution in [2.75, 3.05) is 33.9 Å². The Hall–Kier alpha value is -1.34. The highest BCUT2D eigenvalue weighted by Gasteiger charge is 2.14. The zero-order valence-electron chi connectivity index (χ0n) is 8.83. The summed E-state index contributed by atoms with van der Waals surface area (Å²) in [4.78, 5) is 21.8. The maximum absolute atomic E-state index is 11.2. The van der Waals surface area contributed by atoms with E-state index in [0.29, 0.717) is 13.2 Å². The van der Waals surface area contributed by atoms with E-state index in [4.69, 9.17) is 10.5 Å². The molecule has 1 atom stereocenters. The minimum atomic E-state index is -1.04. The lowest BCUT2D eigenvalue weighted by molar-refractivity contribution is -0.122. The van der Waals surface area contributed by atoms with Gasteiger partial charge in [-0.2, -0.15) is 0 Å². The normalized spacial score (nSPS) is 11.7. The Kier molecular flexibility index (Phi) is 7.29. The molecule has 7 nitrogen and oxygen atoms in total. The van der Waals surface area contributed by atoms with Gasteiger partial charge in [0.05, 0.1) is 13.7 Å². The Balaban J connectivity index is 3.64. The van der Waals surface area contributed by atoms with E-state index in [1.807, 2.05) is 0 Å². The average molecular weight is 218 g/mol. The molecule has 1 radical (unpaired) electrons. The van der Waals surface area contributed by atoms with Crippen LogP contribution in [0.2, 0.25) is 0 Å². The molecule has 2 amide bonds. The van der Waals surface area contributed by atoms with Crippen LogP contribution >= 0.6 is 0 Å². The number of carbonyl (C=O) groups is 2. The van der Waals surface area contributed by atoms with Crippen LogP contribution < -0.4 is 16.4 Å². The number of hydrogen-bond donors (Lipinski definition) is 2. The van der Waals surface area contributed by atoms with Crippen LogP contribution in [0.25, 0.3) is 0 Å². The molecule has 0 aliphatic carbocycles. The van der Waals surface area contributed by atoms with Crippen molar-refractivity contribution in [2.45, 2.75) is 6.04 Å². The van der Waals surface area contributed by atoms with Gasteiger partial charge in [-0.25, -0.2) is 10.5 Å². The van der Waals surface area contributed by atoms with Crippen LogP contribution in [0, 0.1) is 0 Å². The molecule has 15 heavy (non-hydrogen) atoms. The third kappa shape index (κ3) is 6.69. The van der Waals surface area contributed by atoms with E-state index in [1.165, 1.54) is 14.2 Å². The summed E-state index contributed by atoms with van der Waals surface area (Å²) >= 11 is 0. The number of nitrogens with one attached hydrogen (secondary N) is 3. The summed E-state index contributed by atoms with van der Waals surface area (Å²) in [6, 6.07) is -1.04. The lowest BCUT2D eigenvalue weighted by atomic mass is 10.3. The SMILES string of the molecule is COCCNC(=O)C([NH])CNC(=O)OC. The van der Waals surface area contributed by atoms with Crippen molar-refractivity contribution >= 4 is 12.0 Å². The van der Waals surface area contributed by atoms with Gasteiger partial charge >= 0.3 is 6.09 Å². The van der Waals surface area contributed by atoms with Gasteiger partial charge in [0.25, 0.3) is 0 Å². The molecule has 0 heterocycles. The van der Waals surface area contributed by atoms with Gasteiger partial charge in [0, 0.05) is 20.2 Å². The maximum Gasteiger partial charge on any atom is 0.406 e. The molecule has 3 N–H and O–H groups in total. The predicted molar refractivity (Wildman–Crippen MR) is 52.2 cm³/mol. The quantitative estimate of drug-likeness (QED) is 0.544. The molecular formula is C8H16N3O4. The van der Waals surface area contributed by atoms with Gasteiger partial charge in [-0.15, -0.1) is 0 Å². The second kappa shape index (κ2) is 8.01. The molecule has 7 heteroatoms. The van der Waals surface area contributed by atoms with E-state index in [1.54, 1.807) is 0 Å². The molecule has 1 unspecified atom stereocenters. The molecule has 0 rings (SSSR count). The number of carbonyl (C=O) groups excluding carboxylic acids is 2. The monoisotopic (exact) mass is 218 g/mol. The second-order valence-electron chi connectivity index (χ2n) is 2.71. The summed E-state index contributed by atoms with van der Waals surface area (Å²) in [6.07, 6.45) is -0.656. The van der Waals surface area contributed by atoms with Crippen molar-refractivity contribution in [3.63, 3.8) is 0 Å². The molecule has 0 saturated carbocycles. The molecule has 0 aliphatic rings. The Labute approximate surface area is 88.3 Å². The number of hydrogen-bond acceptors (Lipinski definition) is 4. The first-order valence-electron chi connectivity index (χ1n) is 4.41. The fourth-order valence-corrected chi connectivity index (χ4v) is 0.750. The van der Waals surface area contributed by atoms with Gasteiger partial charge < -0.3 is 20.1 Å². The number of rotatable bonds is 6. The van der Waals surface area contributed by atoms with Crippen molar-refractivity contribution in [1.29, 1.82) is 0 Å². The zero-order valence-corrected chi connectivity index (χ0v) is 8.83. The van der Waals surface area contributed by atoms with E-state index >= 15 is 0 Å². The Morgan fingerprint density at radius 1 is 1.33 bits per heavy atom. The van der Waals surface area contributed by atoms with Crippen molar-refractivity contribution in [2.24, 2.45) is 0 Å². The molecule has 0 saturated heterocycles. The van der Waals surface area contributed by atoms with Crippen LogP contribution in [0.5, 0.6) is 0 Å². The summed E-state index contributed by atoms with van der Waals surface area (Å²) in [6.45, 7) is 0.664. The maximum atomic E-state index is 11.2. The highest BCUT2D eigenvalue weighted by atomic mass is 16.5. The smallest absolute Gasteiger partial charge is 0.406 e. The van der Waals surface area contributed by atoms with Crippen molar-refractivity contribution < 1.29 is 19.1 Å². The average Bonchev–Trinajstić information content (AvgIpc) is 2.25. The molecule has 87 valence electrons. The molecule has 0 spiro atoms. The summed E-state index contributed by atoms with van der Waals surface area (Å²) in [5, 5.41) is 4.74. The molecule has 0 aromatic carbocycles. The van der Waals surface area contributed by atoms with Gasteiger partial charge in [0.1, 0.15) is 6.04 Å². The van der Waals surface area contributed by atoms with E-state index in [-0.39, 0.29) is 6.54 Å². The van der Waals surface area contributed by atoms with E-state index in [2.05, 4.69) is 15.4 Å². The number of amides is 2. The highest BCUT2D eigenvalue weighted by Crippen LogP contribution is 1.81. The fourth-order valence-electron chi connectivity index (χ4n) is 0.750. The molecule has 0 fully saturated rings. The lowest BCUT2D eigenvalue weighted by Crippen LogP contribution is -2.44. The zero-order chi connectivity index (χ0) is 11.7. The summed E-state index contributed by atoms with van der Waals surface area (Å²) in [5.74, 6) is -0.455. The summed E-state index contributed by atoms with van der Waals surface area (Å²) in [5.41, 5.74) is 7.36. The number of methoxy groups -OCH3 is 2. The Morgan fingerprint density at radius 2 is 2.00 bits per heavy atom. The molecule has 0 aliphatic heterocycles. The van der Waals surface area contributed by atoms with Gasteiger partial charge in [-0.05, 0) is 0 Å². The van der Waals surface area contributed by atoms with Crippen LogP contribution in [-0.4, -0.2) is 52.0 Å². The lowest BCUT2D eigenvalue weighted by Gasteiger charge is -2.11. The van der Waals surface area contributed by atoms with Gasteiger partial charge in [0.15, 0.2) is 0 Å². The van der Waals surface area contributed by atoms with Crippen LogP contribution in [0.4, 0.5) is 4.79 Å². The molecule has 0 aromatic rings. The van der Waals surface area contributed by atoms with E-state index in [0.717, 1.165) is 0 Å². The minimum Gasteiger partial charge on any atom is -0.453 e. The van der Waals surface area contributed by atoms with Gasteiger partial charge in [0.2, 0.25) is 5.91 Å². The fraction of sp³-hybridized carbons (Fsp3) is 0.750. The summed E-state index contributed by atoms with van der Waals surface area (Å²) in [7, 11) is 2.73. The minimum absolute atomic E-state index is 0.0779. The topological polar surface area (TPSA) is 100 Å². The third-order valence-corrected chi connectivity index (χ3v) is 1.56. The van der Waals surface area contributed by atoms with Crippen LogP contribution in [-0.2, 0) is 14.3 Å². The van der Waals surface area contributed by atoms with Crippen LogP contribution in [0.1, 0.15) is 0 Å². The standard InChI is InChI=1S/C8H16N3O4/c1-14-4-3-10-7(12)6(9)5-11-8(13)15-2/h6,9H,3-5H2,1-2H3,(H,10,12)(H,11,13). The first-order chi connectivity index (χ1) is 7.11. The van der Waals surface area contributed by atoms with Crippen molar-refractivity contribution in [3.05, 3.63) is 0 Å². The molecule has 0 bridgehead atoms. The van der Waals surface area contributed by atoms with Gasteiger partial charge in [-0.1, -0.05) is 0 Å².